The van der Waals surface area contributed by atoms with Gasteiger partial charge in [-0.05, 0) is 53.8 Å². The lowest BCUT2D eigenvalue weighted by Gasteiger charge is -2.16. The summed E-state index contributed by atoms with van der Waals surface area (Å²) in [6.45, 7) is 6.13. The van der Waals surface area contributed by atoms with E-state index in [0.717, 1.165) is 28.1 Å². The number of anilines is 1. The van der Waals surface area contributed by atoms with Gasteiger partial charge in [-0.2, -0.15) is 0 Å². The molecule has 0 radical (unpaired) electrons. The minimum Gasteiger partial charge on any atom is -0.489 e. The van der Waals surface area contributed by atoms with E-state index in [0.29, 0.717) is 12.2 Å². The summed E-state index contributed by atoms with van der Waals surface area (Å²) < 4.78 is 10.9. The number of amides is 1. The van der Waals surface area contributed by atoms with Gasteiger partial charge in [0.15, 0.2) is 6.61 Å². The van der Waals surface area contributed by atoms with E-state index >= 15 is 0 Å². The van der Waals surface area contributed by atoms with Crippen molar-refractivity contribution < 1.29 is 19.1 Å². The van der Waals surface area contributed by atoms with Crippen molar-refractivity contribution in [2.45, 2.75) is 33.3 Å². The third-order valence-corrected chi connectivity index (χ3v) is 4.86. The van der Waals surface area contributed by atoms with Crippen molar-refractivity contribution in [1.82, 2.24) is 0 Å². The molecule has 160 valence electrons. The van der Waals surface area contributed by atoms with E-state index in [4.69, 9.17) is 9.47 Å². The lowest BCUT2D eigenvalue weighted by atomic mass is 9.98. The van der Waals surface area contributed by atoms with Crippen molar-refractivity contribution in [3.05, 3.63) is 95.1 Å². The Labute approximate surface area is 183 Å². The van der Waals surface area contributed by atoms with Crippen molar-refractivity contribution in [1.29, 1.82) is 0 Å². The van der Waals surface area contributed by atoms with Crippen LogP contribution in [0.5, 0.6) is 5.75 Å². The number of benzene rings is 3. The Morgan fingerprint density at radius 3 is 2.29 bits per heavy atom. The second kappa shape index (κ2) is 10.4. The SMILES string of the molecule is Cc1cccc(C(C)C)c1NC(=O)COC(=O)c1ccc(COc2ccccc2)cc1. The van der Waals surface area contributed by atoms with E-state index in [1.807, 2.05) is 67.6 Å². The average molecular weight is 418 g/mol. The molecule has 0 fully saturated rings. The highest BCUT2D eigenvalue weighted by molar-refractivity contribution is 5.96. The molecule has 0 saturated heterocycles. The molecule has 0 spiro atoms. The van der Waals surface area contributed by atoms with Crippen LogP contribution in [-0.4, -0.2) is 18.5 Å². The van der Waals surface area contributed by atoms with Gasteiger partial charge in [0.1, 0.15) is 12.4 Å². The van der Waals surface area contributed by atoms with Crippen molar-refractivity contribution in [2.24, 2.45) is 0 Å². The summed E-state index contributed by atoms with van der Waals surface area (Å²) >= 11 is 0. The fourth-order valence-electron chi connectivity index (χ4n) is 3.15. The fraction of sp³-hybridized carbons (Fsp3) is 0.231. The molecule has 0 atom stereocenters. The van der Waals surface area contributed by atoms with Crippen molar-refractivity contribution in [3.8, 4) is 5.75 Å². The number of aryl methyl sites for hydroxylation is 1. The molecule has 0 aliphatic rings. The van der Waals surface area contributed by atoms with Crippen molar-refractivity contribution >= 4 is 17.6 Å². The van der Waals surface area contributed by atoms with Crippen LogP contribution < -0.4 is 10.1 Å². The maximum atomic E-state index is 12.3. The standard InChI is InChI=1S/C26H27NO4/c1-18(2)23-11-7-8-19(3)25(23)27-24(28)17-31-26(29)21-14-12-20(13-15-21)16-30-22-9-5-4-6-10-22/h4-15,18H,16-17H2,1-3H3,(H,27,28). The second-order valence-electron chi connectivity index (χ2n) is 7.62. The molecule has 0 heterocycles. The van der Waals surface area contributed by atoms with Crippen LogP contribution >= 0.6 is 0 Å². The molecule has 0 saturated carbocycles. The van der Waals surface area contributed by atoms with Crippen LogP contribution in [0.1, 0.15) is 46.8 Å². The molecule has 0 aromatic heterocycles. The number of hydrogen-bond acceptors (Lipinski definition) is 4. The van der Waals surface area contributed by atoms with Crippen molar-refractivity contribution in [3.63, 3.8) is 0 Å². The third-order valence-electron chi connectivity index (χ3n) is 4.86. The number of nitrogens with one attached hydrogen (secondary N) is 1. The number of rotatable bonds is 8. The Hall–Kier alpha value is -3.60. The van der Waals surface area contributed by atoms with Gasteiger partial charge in [-0.15, -0.1) is 0 Å². The maximum absolute atomic E-state index is 12.3. The van der Waals surface area contributed by atoms with Gasteiger partial charge in [0, 0.05) is 5.69 Å². The molecule has 0 unspecified atom stereocenters. The van der Waals surface area contributed by atoms with Crippen LogP contribution in [-0.2, 0) is 16.1 Å². The van der Waals surface area contributed by atoms with E-state index in [-0.39, 0.29) is 18.4 Å². The van der Waals surface area contributed by atoms with Crippen LogP contribution in [0.4, 0.5) is 5.69 Å². The van der Waals surface area contributed by atoms with Crippen LogP contribution in [0.15, 0.2) is 72.8 Å². The number of ether oxygens (including phenoxy) is 2. The van der Waals surface area contributed by atoms with Gasteiger partial charge in [-0.3, -0.25) is 4.79 Å². The largest absolute Gasteiger partial charge is 0.489 e. The second-order valence-corrected chi connectivity index (χ2v) is 7.62. The highest BCUT2D eigenvalue weighted by atomic mass is 16.5. The summed E-state index contributed by atoms with van der Waals surface area (Å²) in [6.07, 6.45) is 0. The van der Waals surface area contributed by atoms with Gasteiger partial charge >= 0.3 is 5.97 Å². The van der Waals surface area contributed by atoms with Crippen LogP contribution in [0.3, 0.4) is 0 Å². The smallest absolute Gasteiger partial charge is 0.338 e. The molecule has 5 nitrogen and oxygen atoms in total. The number of carbonyl (C=O) groups excluding carboxylic acids is 2. The molecule has 1 N–H and O–H groups in total. The monoisotopic (exact) mass is 417 g/mol. The first-order valence-corrected chi connectivity index (χ1v) is 10.3. The molecule has 3 aromatic carbocycles. The van der Waals surface area contributed by atoms with Crippen LogP contribution in [0.2, 0.25) is 0 Å². The van der Waals surface area contributed by atoms with Gasteiger partial charge in [-0.1, -0.05) is 62.4 Å². The number of carbonyl (C=O) groups is 2. The molecule has 3 rings (SSSR count). The molecular weight excluding hydrogens is 390 g/mol. The lowest BCUT2D eigenvalue weighted by molar-refractivity contribution is -0.119. The number of hydrogen-bond donors (Lipinski definition) is 1. The van der Waals surface area contributed by atoms with Crippen LogP contribution in [0, 0.1) is 6.92 Å². The summed E-state index contributed by atoms with van der Waals surface area (Å²) in [6, 6.07) is 22.4. The zero-order chi connectivity index (χ0) is 22.2. The van der Waals surface area contributed by atoms with Gasteiger partial charge in [-0.25, -0.2) is 4.79 Å². The average Bonchev–Trinajstić information content (AvgIpc) is 2.78. The van der Waals surface area contributed by atoms with E-state index in [2.05, 4.69) is 19.2 Å². The molecule has 0 aliphatic heterocycles. The summed E-state index contributed by atoms with van der Waals surface area (Å²) in [7, 11) is 0. The zero-order valence-corrected chi connectivity index (χ0v) is 18.1. The third kappa shape index (κ3) is 6.19. The topological polar surface area (TPSA) is 64.6 Å². The van der Waals surface area contributed by atoms with E-state index in [1.54, 1.807) is 12.1 Å². The number of esters is 1. The summed E-state index contributed by atoms with van der Waals surface area (Å²) in [4.78, 5) is 24.6. The van der Waals surface area contributed by atoms with Crippen molar-refractivity contribution in [2.75, 3.05) is 11.9 Å². The van der Waals surface area contributed by atoms with Gasteiger partial charge in [0.05, 0.1) is 5.56 Å². The first-order valence-electron chi connectivity index (χ1n) is 10.3. The molecule has 5 heteroatoms. The Kier molecular flexibility index (Phi) is 7.44. The predicted octanol–water partition coefficient (Wildman–Crippen LogP) is 5.49. The van der Waals surface area contributed by atoms with Gasteiger partial charge in [0.25, 0.3) is 5.91 Å². The highest BCUT2D eigenvalue weighted by Gasteiger charge is 2.14. The lowest BCUT2D eigenvalue weighted by Crippen LogP contribution is -2.22. The Balaban J connectivity index is 1.52. The first kappa shape index (κ1) is 22.1. The normalized spacial score (nSPS) is 10.6. The number of para-hydroxylation sites is 2. The minimum atomic E-state index is -0.542. The van der Waals surface area contributed by atoms with E-state index in [1.165, 1.54) is 0 Å². The summed E-state index contributed by atoms with van der Waals surface area (Å²) in [5, 5.41) is 2.88. The molecular formula is C26H27NO4. The highest BCUT2D eigenvalue weighted by Crippen LogP contribution is 2.27. The van der Waals surface area contributed by atoms with E-state index in [9.17, 15) is 9.59 Å². The molecule has 3 aromatic rings. The first-order chi connectivity index (χ1) is 14.9. The van der Waals surface area contributed by atoms with Crippen LogP contribution in [0.25, 0.3) is 0 Å². The maximum Gasteiger partial charge on any atom is 0.338 e. The predicted molar refractivity (Wildman–Crippen MR) is 121 cm³/mol. The molecule has 31 heavy (non-hydrogen) atoms. The fourth-order valence-corrected chi connectivity index (χ4v) is 3.15. The van der Waals surface area contributed by atoms with Gasteiger partial charge in [0.2, 0.25) is 0 Å². The minimum absolute atomic E-state index is 0.266. The van der Waals surface area contributed by atoms with E-state index < -0.39 is 5.97 Å². The quantitative estimate of drug-likeness (QED) is 0.492. The Morgan fingerprint density at radius 1 is 0.903 bits per heavy atom. The van der Waals surface area contributed by atoms with Gasteiger partial charge < -0.3 is 14.8 Å². The summed E-state index contributed by atoms with van der Waals surface area (Å²) in [5.41, 5.74) is 4.11. The molecule has 0 bridgehead atoms. The zero-order valence-electron chi connectivity index (χ0n) is 18.1. The Bertz CT molecular complexity index is 1030. The molecule has 0 aliphatic carbocycles. The Morgan fingerprint density at radius 2 is 1.61 bits per heavy atom. The summed E-state index contributed by atoms with van der Waals surface area (Å²) in [5.74, 6) is 0.144. The molecule has 1 amide bonds.